The number of unbranched alkanes of at least 4 members (excludes halogenated alkanes) is 2. The summed E-state index contributed by atoms with van der Waals surface area (Å²) in [4.78, 5) is 0. The Labute approximate surface area is 178 Å². The van der Waals surface area contributed by atoms with Crippen molar-refractivity contribution in [3.63, 3.8) is 0 Å². The van der Waals surface area contributed by atoms with E-state index in [-0.39, 0.29) is 0 Å². The van der Waals surface area contributed by atoms with E-state index in [9.17, 15) is 0 Å². The molecule has 0 aliphatic heterocycles. The predicted octanol–water partition coefficient (Wildman–Crippen LogP) is 6.98. The molecule has 0 amide bonds. The third-order valence-corrected chi connectivity index (χ3v) is 8.13. The number of fused-ring (bicyclic) bond motifs is 2. The van der Waals surface area contributed by atoms with Crippen molar-refractivity contribution in [2.24, 2.45) is 23.7 Å². The Balaban J connectivity index is 1.26. The van der Waals surface area contributed by atoms with E-state index in [1.165, 1.54) is 77.0 Å². The lowest BCUT2D eigenvalue weighted by atomic mass is 9.62. The normalized spacial score (nSPS) is 31.7. The molecule has 1 aromatic rings. The van der Waals surface area contributed by atoms with Crippen LogP contribution >= 0.6 is 0 Å². The van der Waals surface area contributed by atoms with Gasteiger partial charge in [-0.2, -0.15) is 0 Å². The smallest absolute Gasteiger partial charge is 0.119 e. The molecule has 2 fully saturated rings. The molecule has 3 aliphatic rings. The summed E-state index contributed by atoms with van der Waals surface area (Å²) in [6, 6.07) is 6.83. The van der Waals surface area contributed by atoms with Crippen LogP contribution in [0, 0.1) is 23.7 Å². The maximum atomic E-state index is 6.23. The molecular formula is C27H42O2. The van der Waals surface area contributed by atoms with Gasteiger partial charge in [-0.05, 0) is 118 Å². The summed E-state index contributed by atoms with van der Waals surface area (Å²) in [5.74, 6) is 4.84. The minimum absolute atomic E-state index is 0.561. The van der Waals surface area contributed by atoms with Crippen LogP contribution in [0.3, 0.4) is 0 Å². The van der Waals surface area contributed by atoms with Crippen molar-refractivity contribution in [1.82, 2.24) is 0 Å². The fourth-order valence-corrected chi connectivity index (χ4v) is 6.48. The summed E-state index contributed by atoms with van der Waals surface area (Å²) in [5, 5.41) is 0. The maximum Gasteiger partial charge on any atom is 0.119 e. The fourth-order valence-electron chi connectivity index (χ4n) is 6.48. The lowest BCUT2D eigenvalue weighted by Gasteiger charge is -2.45. The number of benzene rings is 1. The largest absolute Gasteiger partial charge is 0.494 e. The Hall–Kier alpha value is -1.02. The first-order chi connectivity index (χ1) is 14.3. The van der Waals surface area contributed by atoms with Crippen molar-refractivity contribution >= 4 is 0 Å². The zero-order valence-electron chi connectivity index (χ0n) is 18.8. The number of hydrogen-bond acceptors (Lipinski definition) is 2. The molecule has 2 heteroatoms. The number of rotatable bonds is 8. The van der Waals surface area contributed by atoms with E-state index in [1.807, 2.05) is 0 Å². The second-order valence-electron chi connectivity index (χ2n) is 9.97. The van der Waals surface area contributed by atoms with Crippen LogP contribution in [0.1, 0.15) is 89.2 Å². The van der Waals surface area contributed by atoms with Crippen LogP contribution in [0.2, 0.25) is 0 Å². The first-order valence-electron chi connectivity index (χ1n) is 12.6. The monoisotopic (exact) mass is 398 g/mol. The summed E-state index contributed by atoms with van der Waals surface area (Å²) >= 11 is 0. The second-order valence-corrected chi connectivity index (χ2v) is 9.97. The van der Waals surface area contributed by atoms with Gasteiger partial charge in [-0.25, -0.2) is 0 Å². The third-order valence-electron chi connectivity index (χ3n) is 8.13. The van der Waals surface area contributed by atoms with Gasteiger partial charge >= 0.3 is 0 Å². The van der Waals surface area contributed by atoms with Gasteiger partial charge in [-0.15, -0.1) is 0 Å². The molecule has 5 atom stereocenters. The molecule has 0 heterocycles. The van der Waals surface area contributed by atoms with Gasteiger partial charge in [0.2, 0.25) is 0 Å². The van der Waals surface area contributed by atoms with Crippen molar-refractivity contribution in [3.8, 4) is 5.75 Å². The number of hydrogen-bond donors (Lipinski definition) is 0. The molecular weight excluding hydrogens is 356 g/mol. The molecule has 1 aromatic carbocycles. The van der Waals surface area contributed by atoms with E-state index in [1.54, 1.807) is 11.1 Å². The highest BCUT2D eigenvalue weighted by Crippen LogP contribution is 2.47. The van der Waals surface area contributed by atoms with Crippen molar-refractivity contribution in [2.45, 2.75) is 97.0 Å². The molecule has 162 valence electrons. The quantitative estimate of drug-likeness (QED) is 0.440. The van der Waals surface area contributed by atoms with Gasteiger partial charge < -0.3 is 9.47 Å². The zero-order valence-corrected chi connectivity index (χ0v) is 18.8. The lowest BCUT2D eigenvalue weighted by molar-refractivity contribution is -0.0249. The van der Waals surface area contributed by atoms with E-state index >= 15 is 0 Å². The van der Waals surface area contributed by atoms with Gasteiger partial charge in [0.1, 0.15) is 5.75 Å². The van der Waals surface area contributed by atoms with Gasteiger partial charge in [-0.3, -0.25) is 0 Å². The fraction of sp³-hybridized carbons (Fsp3) is 0.778. The van der Waals surface area contributed by atoms with E-state index in [0.29, 0.717) is 6.10 Å². The Bertz CT molecular complexity index is 639. The van der Waals surface area contributed by atoms with Crippen molar-refractivity contribution in [3.05, 3.63) is 29.3 Å². The average Bonchev–Trinajstić information content (AvgIpc) is 2.76. The highest BCUT2D eigenvalue weighted by Gasteiger charge is 2.38. The second kappa shape index (κ2) is 10.3. The van der Waals surface area contributed by atoms with Gasteiger partial charge in [0, 0.05) is 6.61 Å². The summed E-state index contributed by atoms with van der Waals surface area (Å²) < 4.78 is 11.9. The van der Waals surface area contributed by atoms with E-state index in [0.717, 1.165) is 42.6 Å². The summed E-state index contributed by atoms with van der Waals surface area (Å²) in [5.41, 5.74) is 3.14. The van der Waals surface area contributed by atoms with Crippen LogP contribution in [-0.4, -0.2) is 19.3 Å². The topological polar surface area (TPSA) is 18.5 Å². The van der Waals surface area contributed by atoms with Gasteiger partial charge in [-0.1, -0.05) is 25.8 Å². The summed E-state index contributed by atoms with van der Waals surface area (Å²) in [6.45, 7) is 6.09. The molecule has 3 aliphatic carbocycles. The van der Waals surface area contributed by atoms with E-state index in [2.05, 4.69) is 32.0 Å². The molecule has 4 rings (SSSR count). The van der Waals surface area contributed by atoms with Crippen LogP contribution in [0.15, 0.2) is 18.2 Å². The minimum atomic E-state index is 0.561. The van der Waals surface area contributed by atoms with Gasteiger partial charge in [0.25, 0.3) is 0 Å². The average molecular weight is 399 g/mol. The predicted molar refractivity (Wildman–Crippen MR) is 121 cm³/mol. The Morgan fingerprint density at radius 3 is 2.45 bits per heavy atom. The Kier molecular flexibility index (Phi) is 7.56. The Morgan fingerprint density at radius 1 is 0.828 bits per heavy atom. The lowest BCUT2D eigenvalue weighted by Crippen LogP contribution is -2.37. The van der Waals surface area contributed by atoms with Crippen LogP contribution in [-0.2, 0) is 17.6 Å². The standard InChI is InChI=1S/C27H42O2/c1-3-5-6-15-29-27-14-12-23-17-21(8-10-25(23)19-27)20-7-9-24-18-26(28-4-2)13-11-22(24)16-20/h11,13,18,20-21,23,25,27H,3-10,12,14-17,19H2,1-2H3/t20?,21?,23-,25?,27-/m1/s1. The van der Waals surface area contributed by atoms with Crippen molar-refractivity contribution in [2.75, 3.05) is 13.2 Å². The first kappa shape index (κ1) is 21.2. The molecule has 2 saturated carbocycles. The third kappa shape index (κ3) is 5.37. The molecule has 0 spiro atoms. The summed E-state index contributed by atoms with van der Waals surface area (Å²) in [6.07, 6.45) is 16.8. The molecule has 0 radical (unpaired) electrons. The van der Waals surface area contributed by atoms with Crippen molar-refractivity contribution in [1.29, 1.82) is 0 Å². The van der Waals surface area contributed by atoms with Crippen LogP contribution in [0.5, 0.6) is 5.75 Å². The van der Waals surface area contributed by atoms with Crippen LogP contribution in [0.25, 0.3) is 0 Å². The van der Waals surface area contributed by atoms with Gasteiger partial charge in [0.15, 0.2) is 0 Å². The SMILES string of the molecule is CCCCCO[C@@H]1CC[C@@H]2CC(C3CCc4cc(OCC)ccc4C3)CCC2C1. The van der Waals surface area contributed by atoms with E-state index < -0.39 is 0 Å². The van der Waals surface area contributed by atoms with E-state index in [4.69, 9.17) is 9.47 Å². The number of ether oxygens (including phenoxy) is 2. The summed E-state index contributed by atoms with van der Waals surface area (Å²) in [7, 11) is 0. The minimum Gasteiger partial charge on any atom is -0.494 e. The molecule has 29 heavy (non-hydrogen) atoms. The Morgan fingerprint density at radius 2 is 1.62 bits per heavy atom. The molecule has 0 aromatic heterocycles. The highest BCUT2D eigenvalue weighted by atomic mass is 16.5. The molecule has 0 bridgehead atoms. The molecule has 0 N–H and O–H groups in total. The van der Waals surface area contributed by atoms with Crippen LogP contribution in [0.4, 0.5) is 0 Å². The molecule has 0 saturated heterocycles. The molecule has 2 nitrogen and oxygen atoms in total. The maximum absolute atomic E-state index is 6.23. The zero-order chi connectivity index (χ0) is 20.1. The van der Waals surface area contributed by atoms with Gasteiger partial charge in [0.05, 0.1) is 12.7 Å². The first-order valence-corrected chi connectivity index (χ1v) is 12.6. The molecule has 3 unspecified atom stereocenters. The highest BCUT2D eigenvalue weighted by molar-refractivity contribution is 5.37. The van der Waals surface area contributed by atoms with Crippen LogP contribution < -0.4 is 4.74 Å². The van der Waals surface area contributed by atoms with Crippen molar-refractivity contribution < 1.29 is 9.47 Å². The number of aryl methyl sites for hydroxylation is 1.